The van der Waals surface area contributed by atoms with Crippen LogP contribution in [0, 0.1) is 17.4 Å². The van der Waals surface area contributed by atoms with Crippen molar-refractivity contribution in [2.75, 3.05) is 6.54 Å². The van der Waals surface area contributed by atoms with Crippen LogP contribution in [0.2, 0.25) is 10.0 Å². The fourth-order valence-electron chi connectivity index (χ4n) is 3.00. The summed E-state index contributed by atoms with van der Waals surface area (Å²) in [6, 6.07) is 11.2. The highest BCUT2D eigenvalue weighted by atomic mass is 35.5. The number of guanidine groups is 1. The number of benzene rings is 2. The van der Waals surface area contributed by atoms with E-state index in [4.69, 9.17) is 28.5 Å². The van der Waals surface area contributed by atoms with Gasteiger partial charge in [0, 0.05) is 12.0 Å². The van der Waals surface area contributed by atoms with Crippen molar-refractivity contribution < 1.29 is 13.5 Å². The average Bonchev–Trinajstić information content (AvgIpc) is 3.14. The summed E-state index contributed by atoms with van der Waals surface area (Å²) in [6.07, 6.45) is 2.63. The second-order valence-electron chi connectivity index (χ2n) is 6.35. The maximum Gasteiger partial charge on any atom is 0.387 e. The van der Waals surface area contributed by atoms with E-state index in [1.54, 1.807) is 23.2 Å². The quantitative estimate of drug-likeness (QED) is 0.286. The predicted octanol–water partition coefficient (Wildman–Crippen LogP) is 5.40. The molecule has 0 radical (unpaired) electrons. The highest BCUT2D eigenvalue weighted by Gasteiger charge is 2.29. The predicted molar refractivity (Wildman–Crippen MR) is 112 cm³/mol. The zero-order chi connectivity index (χ0) is 21.7. The van der Waals surface area contributed by atoms with Gasteiger partial charge in [-0.3, -0.25) is 5.32 Å². The molecule has 2 aromatic carbocycles. The van der Waals surface area contributed by atoms with Crippen molar-refractivity contribution in [2.45, 2.75) is 20.0 Å². The highest BCUT2D eigenvalue weighted by molar-refractivity contribution is 6.42. The number of hydrogen-bond acceptors (Lipinski definition) is 4. The van der Waals surface area contributed by atoms with Crippen LogP contribution in [0.4, 0.5) is 14.5 Å². The molecule has 0 saturated heterocycles. The third kappa shape index (κ3) is 5.17. The molecule has 0 aromatic heterocycles. The Bertz CT molecular complexity index is 1020. The van der Waals surface area contributed by atoms with Crippen LogP contribution in [0.1, 0.15) is 18.9 Å². The lowest BCUT2D eigenvalue weighted by atomic mass is 9.95. The Morgan fingerprint density at radius 1 is 1.33 bits per heavy atom. The minimum absolute atomic E-state index is 0.0320. The maximum absolute atomic E-state index is 12.5. The van der Waals surface area contributed by atoms with E-state index in [1.165, 1.54) is 18.2 Å². The number of halogens is 4. The molecule has 0 aliphatic carbocycles. The van der Waals surface area contributed by atoms with Crippen LogP contribution in [0.15, 0.2) is 52.6 Å². The molecule has 10 heteroatoms. The van der Waals surface area contributed by atoms with Gasteiger partial charge >= 0.3 is 6.61 Å². The van der Waals surface area contributed by atoms with Crippen molar-refractivity contribution in [3.8, 4) is 11.9 Å². The number of alkyl halides is 2. The number of rotatable bonds is 5. The van der Waals surface area contributed by atoms with Crippen molar-refractivity contribution in [1.82, 2.24) is 10.3 Å². The lowest BCUT2D eigenvalue weighted by Gasteiger charge is -2.16. The van der Waals surface area contributed by atoms with Crippen LogP contribution >= 0.6 is 23.2 Å². The normalized spacial score (nSPS) is 16.4. The van der Waals surface area contributed by atoms with Gasteiger partial charge in [-0.05, 0) is 36.2 Å². The summed E-state index contributed by atoms with van der Waals surface area (Å²) >= 11 is 12.2. The van der Waals surface area contributed by atoms with E-state index in [9.17, 15) is 8.78 Å². The third-order valence-corrected chi connectivity index (χ3v) is 5.15. The highest BCUT2D eigenvalue weighted by Crippen LogP contribution is 2.28. The van der Waals surface area contributed by atoms with Crippen LogP contribution in [-0.4, -0.2) is 29.8 Å². The van der Waals surface area contributed by atoms with Gasteiger partial charge in [0.2, 0.25) is 5.96 Å². The molecule has 1 atom stereocenters. The molecule has 30 heavy (non-hydrogen) atoms. The first-order chi connectivity index (χ1) is 14.4. The molecule has 156 valence electrons. The molecular formula is C20H17Cl2F2N5O. The van der Waals surface area contributed by atoms with Crippen molar-refractivity contribution in [3.05, 3.63) is 58.1 Å². The second-order valence-corrected chi connectivity index (χ2v) is 7.16. The Balaban J connectivity index is 1.94. The van der Waals surface area contributed by atoms with E-state index < -0.39 is 6.61 Å². The zero-order valence-electron chi connectivity index (χ0n) is 15.8. The van der Waals surface area contributed by atoms with E-state index in [1.807, 2.05) is 19.2 Å². The first kappa shape index (κ1) is 21.8. The number of nitrogens with zero attached hydrogens (tertiary/aromatic N) is 4. The molecule has 1 N–H and O–H groups in total. The number of hydrazone groups is 1. The molecule has 0 saturated carbocycles. The lowest BCUT2D eigenvalue weighted by molar-refractivity contribution is -0.0498. The monoisotopic (exact) mass is 451 g/mol. The van der Waals surface area contributed by atoms with Gasteiger partial charge in [-0.25, -0.2) is 10.0 Å². The molecule has 1 heterocycles. The molecule has 0 bridgehead atoms. The minimum atomic E-state index is -2.94. The van der Waals surface area contributed by atoms with Gasteiger partial charge in [-0.15, -0.1) is 0 Å². The molecule has 1 unspecified atom stereocenters. The molecule has 0 amide bonds. The van der Waals surface area contributed by atoms with Gasteiger partial charge < -0.3 is 4.74 Å². The fraction of sp³-hybridized carbons (Fsp3) is 0.250. The Labute approximate surface area is 182 Å². The minimum Gasteiger partial charge on any atom is -0.435 e. The lowest BCUT2D eigenvalue weighted by Crippen LogP contribution is -2.35. The number of hydrogen-bond donors (Lipinski definition) is 1. The summed E-state index contributed by atoms with van der Waals surface area (Å²) in [5.74, 6) is 0.206. The van der Waals surface area contributed by atoms with Gasteiger partial charge in [-0.1, -0.05) is 42.3 Å². The topological polar surface area (TPSA) is 73.0 Å². The standard InChI is InChI=1S/C20H17Cl2F2N5O/c1-2-12-10-29(28-18(12)13-6-7-16(21)17(22)8-13)20(26-11-25)27-14-4-3-5-15(9-14)30-19(23)24/h3-9,12,19H,2,10H2,1H3,(H,26,27). The number of ether oxygens (including phenoxy) is 1. The average molecular weight is 452 g/mol. The molecule has 1 aliphatic heterocycles. The van der Waals surface area contributed by atoms with E-state index in [-0.39, 0.29) is 17.6 Å². The molecule has 2 aromatic rings. The number of aliphatic imine (C=N–C) groups is 1. The van der Waals surface area contributed by atoms with Crippen molar-refractivity contribution in [2.24, 2.45) is 16.0 Å². The molecule has 0 fully saturated rings. The summed E-state index contributed by atoms with van der Waals surface area (Å²) in [5, 5.41) is 18.7. The molecule has 0 spiro atoms. The van der Waals surface area contributed by atoms with Crippen molar-refractivity contribution in [1.29, 1.82) is 5.26 Å². The molecule has 3 rings (SSSR count). The van der Waals surface area contributed by atoms with Gasteiger partial charge in [0.05, 0.1) is 28.0 Å². The van der Waals surface area contributed by atoms with E-state index in [0.29, 0.717) is 22.3 Å². The molecule has 1 aliphatic rings. The number of nitriles is 1. The van der Waals surface area contributed by atoms with Crippen LogP contribution in [0.25, 0.3) is 0 Å². The fourth-order valence-corrected chi connectivity index (χ4v) is 3.30. The summed E-state index contributed by atoms with van der Waals surface area (Å²) in [4.78, 5) is 4.36. The Kier molecular flexibility index (Phi) is 7.08. The largest absolute Gasteiger partial charge is 0.435 e. The third-order valence-electron chi connectivity index (χ3n) is 4.41. The Morgan fingerprint density at radius 3 is 2.80 bits per heavy atom. The summed E-state index contributed by atoms with van der Waals surface area (Å²) in [5.41, 5.74) is 1.94. The first-order valence-corrected chi connectivity index (χ1v) is 9.77. The van der Waals surface area contributed by atoms with Crippen molar-refractivity contribution in [3.63, 3.8) is 0 Å². The molecular weight excluding hydrogens is 435 g/mol. The second kappa shape index (κ2) is 9.74. The summed E-state index contributed by atoms with van der Waals surface area (Å²) < 4.78 is 29.3. The first-order valence-electron chi connectivity index (χ1n) is 9.01. The van der Waals surface area contributed by atoms with Crippen LogP contribution in [-0.2, 0) is 0 Å². The molecule has 6 nitrogen and oxygen atoms in total. The zero-order valence-corrected chi connectivity index (χ0v) is 17.3. The summed E-state index contributed by atoms with van der Waals surface area (Å²) in [7, 11) is 0. The smallest absolute Gasteiger partial charge is 0.387 e. The van der Waals surface area contributed by atoms with Crippen LogP contribution < -0.4 is 10.1 Å². The Morgan fingerprint density at radius 2 is 2.13 bits per heavy atom. The van der Waals surface area contributed by atoms with Crippen LogP contribution in [0.5, 0.6) is 5.75 Å². The maximum atomic E-state index is 12.5. The Hall–Kier alpha value is -2.89. The number of nitrogens with one attached hydrogen (secondary N) is 1. The van der Waals surface area contributed by atoms with Crippen molar-refractivity contribution >= 4 is 40.6 Å². The van der Waals surface area contributed by atoms with Gasteiger partial charge in [-0.2, -0.15) is 19.1 Å². The van der Waals surface area contributed by atoms with E-state index >= 15 is 0 Å². The van der Waals surface area contributed by atoms with E-state index in [0.717, 1.165) is 17.7 Å². The summed E-state index contributed by atoms with van der Waals surface area (Å²) in [6.45, 7) is -0.434. The van der Waals surface area contributed by atoms with Gasteiger partial charge in [0.1, 0.15) is 5.75 Å². The SMILES string of the molecule is CCC1CN(C(=Nc2cccc(OC(F)F)c2)NC#N)N=C1c1ccc(Cl)c(Cl)c1. The van der Waals surface area contributed by atoms with Gasteiger partial charge in [0.25, 0.3) is 0 Å². The van der Waals surface area contributed by atoms with E-state index in [2.05, 4.69) is 20.1 Å². The van der Waals surface area contributed by atoms with Crippen LogP contribution in [0.3, 0.4) is 0 Å². The van der Waals surface area contributed by atoms with Gasteiger partial charge in [0.15, 0.2) is 6.19 Å².